The Bertz CT molecular complexity index is 459. The maximum absolute atomic E-state index is 12.8. The molecule has 0 spiro atoms. The summed E-state index contributed by atoms with van der Waals surface area (Å²) in [4.78, 5) is 2.29. The zero-order valence-electron chi connectivity index (χ0n) is 11.5. The number of nitrogen functional groups attached to an aromatic ring is 1. The van der Waals surface area contributed by atoms with E-state index >= 15 is 0 Å². The van der Waals surface area contributed by atoms with Gasteiger partial charge in [0, 0.05) is 24.0 Å². The summed E-state index contributed by atoms with van der Waals surface area (Å²) in [6.07, 6.45) is -2.38. The van der Waals surface area contributed by atoms with E-state index in [0.717, 1.165) is 38.5 Å². The van der Waals surface area contributed by atoms with Gasteiger partial charge in [-0.1, -0.05) is 6.92 Å². The Labute approximate surface area is 116 Å². The summed E-state index contributed by atoms with van der Waals surface area (Å²) in [7, 11) is 0. The van der Waals surface area contributed by atoms with Crippen molar-refractivity contribution in [3.63, 3.8) is 0 Å². The summed E-state index contributed by atoms with van der Waals surface area (Å²) in [6.45, 7) is 4.98. The molecule has 1 heterocycles. The van der Waals surface area contributed by atoms with Gasteiger partial charge in [-0.2, -0.15) is 13.2 Å². The summed E-state index contributed by atoms with van der Waals surface area (Å²) in [5, 5.41) is 3.19. The molecular weight excluding hydrogens is 267 g/mol. The molecule has 3 nitrogen and oxygen atoms in total. The fraction of sp³-hybridized carbons (Fsp3) is 0.571. The highest BCUT2D eigenvalue weighted by Gasteiger charge is 2.33. The van der Waals surface area contributed by atoms with Gasteiger partial charge < -0.3 is 16.0 Å². The minimum atomic E-state index is -4.41. The zero-order valence-corrected chi connectivity index (χ0v) is 11.5. The molecule has 0 radical (unpaired) electrons. The van der Waals surface area contributed by atoms with E-state index in [-0.39, 0.29) is 11.7 Å². The molecule has 0 bridgehead atoms. The number of likely N-dealkylation sites (tertiary alicyclic amines) is 1. The maximum atomic E-state index is 12.8. The average Bonchev–Trinajstić information content (AvgIpc) is 2.40. The normalized spacial score (nSPS) is 20.9. The van der Waals surface area contributed by atoms with E-state index in [2.05, 4.69) is 17.1 Å². The second-order valence-corrected chi connectivity index (χ2v) is 5.18. The molecule has 1 unspecified atom stereocenters. The van der Waals surface area contributed by atoms with Crippen molar-refractivity contribution in [2.75, 3.05) is 30.7 Å². The third-order valence-corrected chi connectivity index (χ3v) is 3.68. The molecular formula is C14H20F3N3. The van der Waals surface area contributed by atoms with Gasteiger partial charge >= 0.3 is 6.18 Å². The molecule has 1 aliphatic rings. The summed E-state index contributed by atoms with van der Waals surface area (Å²) in [6, 6.07) is 4.20. The number of anilines is 2. The summed E-state index contributed by atoms with van der Waals surface area (Å²) in [5.41, 5.74) is 4.87. The van der Waals surface area contributed by atoms with Gasteiger partial charge in [-0.3, -0.25) is 0 Å². The number of piperidine rings is 1. The predicted molar refractivity (Wildman–Crippen MR) is 74.6 cm³/mol. The van der Waals surface area contributed by atoms with Crippen LogP contribution >= 0.6 is 0 Å². The van der Waals surface area contributed by atoms with Crippen molar-refractivity contribution in [2.45, 2.75) is 32.0 Å². The lowest BCUT2D eigenvalue weighted by Crippen LogP contribution is -2.41. The summed E-state index contributed by atoms with van der Waals surface area (Å²) in [5.74, 6) is 0. The van der Waals surface area contributed by atoms with Crippen molar-refractivity contribution in [3.8, 4) is 0 Å². The smallest absolute Gasteiger partial charge is 0.398 e. The Balaban J connectivity index is 2.10. The van der Waals surface area contributed by atoms with Crippen LogP contribution in [0.2, 0.25) is 0 Å². The molecule has 3 N–H and O–H groups in total. The molecule has 20 heavy (non-hydrogen) atoms. The minimum Gasteiger partial charge on any atom is -0.398 e. The van der Waals surface area contributed by atoms with Gasteiger partial charge in [0.2, 0.25) is 0 Å². The van der Waals surface area contributed by atoms with Crippen LogP contribution in [0.25, 0.3) is 0 Å². The molecule has 1 saturated heterocycles. The Kier molecular flexibility index (Phi) is 4.42. The quantitative estimate of drug-likeness (QED) is 0.839. The monoisotopic (exact) mass is 287 g/mol. The van der Waals surface area contributed by atoms with E-state index in [4.69, 9.17) is 5.73 Å². The highest BCUT2D eigenvalue weighted by molar-refractivity contribution is 5.58. The molecule has 0 saturated carbocycles. The number of hydrogen-bond acceptors (Lipinski definition) is 3. The van der Waals surface area contributed by atoms with Crippen molar-refractivity contribution in [1.82, 2.24) is 4.90 Å². The maximum Gasteiger partial charge on any atom is 0.418 e. The zero-order chi connectivity index (χ0) is 14.8. The first-order valence-electron chi connectivity index (χ1n) is 6.85. The molecule has 1 aliphatic heterocycles. The van der Waals surface area contributed by atoms with Crippen LogP contribution in [-0.4, -0.2) is 30.6 Å². The Morgan fingerprint density at radius 2 is 2.15 bits per heavy atom. The number of nitrogens with two attached hydrogens (primary N) is 1. The molecule has 1 aromatic carbocycles. The fourth-order valence-electron chi connectivity index (χ4n) is 2.59. The molecule has 1 aromatic rings. The van der Waals surface area contributed by atoms with Crippen LogP contribution in [0.15, 0.2) is 18.2 Å². The van der Waals surface area contributed by atoms with E-state index < -0.39 is 11.7 Å². The van der Waals surface area contributed by atoms with Gasteiger partial charge in [-0.05, 0) is 44.1 Å². The number of likely N-dealkylation sites (N-methyl/N-ethyl adjacent to an activating group) is 1. The predicted octanol–water partition coefficient (Wildman–Crippen LogP) is 3.18. The summed E-state index contributed by atoms with van der Waals surface area (Å²) < 4.78 is 38.4. The van der Waals surface area contributed by atoms with Crippen LogP contribution < -0.4 is 11.1 Å². The molecule has 2 rings (SSSR count). The van der Waals surface area contributed by atoms with Crippen molar-refractivity contribution >= 4 is 11.4 Å². The number of alkyl halides is 3. The number of nitrogens with zero attached hydrogens (tertiary/aromatic N) is 1. The van der Waals surface area contributed by atoms with Gasteiger partial charge in [-0.25, -0.2) is 0 Å². The van der Waals surface area contributed by atoms with E-state index in [1.165, 1.54) is 6.07 Å². The number of nitrogens with one attached hydrogen (secondary N) is 1. The Hall–Kier alpha value is -1.43. The van der Waals surface area contributed by atoms with E-state index in [1.807, 2.05) is 0 Å². The van der Waals surface area contributed by atoms with Crippen molar-refractivity contribution < 1.29 is 13.2 Å². The van der Waals surface area contributed by atoms with E-state index in [0.29, 0.717) is 5.69 Å². The molecule has 1 fully saturated rings. The Morgan fingerprint density at radius 3 is 2.80 bits per heavy atom. The van der Waals surface area contributed by atoms with Crippen LogP contribution in [0.3, 0.4) is 0 Å². The van der Waals surface area contributed by atoms with E-state index in [1.54, 1.807) is 6.07 Å². The number of halogens is 3. The van der Waals surface area contributed by atoms with Crippen LogP contribution in [0.4, 0.5) is 24.5 Å². The molecule has 112 valence electrons. The first kappa shape index (κ1) is 15.0. The fourth-order valence-corrected chi connectivity index (χ4v) is 2.59. The number of hydrogen-bond donors (Lipinski definition) is 2. The highest BCUT2D eigenvalue weighted by atomic mass is 19.4. The second-order valence-electron chi connectivity index (χ2n) is 5.18. The number of benzene rings is 1. The SMILES string of the molecule is CCN1CCCC(Nc2ccc(N)c(C(F)(F)F)c2)C1. The van der Waals surface area contributed by atoms with Gasteiger partial charge in [0.1, 0.15) is 0 Å². The molecule has 1 atom stereocenters. The lowest BCUT2D eigenvalue weighted by Gasteiger charge is -2.33. The van der Waals surface area contributed by atoms with Crippen LogP contribution in [0, 0.1) is 0 Å². The third-order valence-electron chi connectivity index (χ3n) is 3.68. The van der Waals surface area contributed by atoms with Gasteiger partial charge in [0.15, 0.2) is 0 Å². The van der Waals surface area contributed by atoms with Crippen molar-refractivity contribution in [3.05, 3.63) is 23.8 Å². The second kappa shape index (κ2) is 5.91. The topological polar surface area (TPSA) is 41.3 Å². The molecule has 0 aromatic heterocycles. The van der Waals surface area contributed by atoms with Crippen LogP contribution in [-0.2, 0) is 6.18 Å². The molecule has 6 heteroatoms. The van der Waals surface area contributed by atoms with Gasteiger partial charge in [0.25, 0.3) is 0 Å². The standard InChI is InChI=1S/C14H20F3N3/c1-2-20-7-3-4-11(9-20)19-10-5-6-13(18)12(8-10)14(15,16)17/h5-6,8,11,19H,2-4,7,9,18H2,1H3. The largest absolute Gasteiger partial charge is 0.418 e. The lowest BCUT2D eigenvalue weighted by molar-refractivity contribution is -0.136. The minimum absolute atomic E-state index is 0.188. The van der Waals surface area contributed by atoms with Gasteiger partial charge in [-0.15, -0.1) is 0 Å². The highest BCUT2D eigenvalue weighted by Crippen LogP contribution is 2.35. The Morgan fingerprint density at radius 1 is 1.40 bits per heavy atom. The van der Waals surface area contributed by atoms with Crippen LogP contribution in [0.5, 0.6) is 0 Å². The lowest BCUT2D eigenvalue weighted by atomic mass is 10.0. The summed E-state index contributed by atoms with van der Waals surface area (Å²) >= 11 is 0. The third kappa shape index (κ3) is 3.56. The first-order chi connectivity index (χ1) is 9.40. The van der Waals surface area contributed by atoms with Gasteiger partial charge in [0.05, 0.1) is 5.56 Å². The number of rotatable bonds is 3. The first-order valence-corrected chi connectivity index (χ1v) is 6.85. The molecule has 0 aliphatic carbocycles. The van der Waals surface area contributed by atoms with Crippen molar-refractivity contribution in [1.29, 1.82) is 0 Å². The van der Waals surface area contributed by atoms with Crippen molar-refractivity contribution in [2.24, 2.45) is 0 Å². The van der Waals surface area contributed by atoms with E-state index in [9.17, 15) is 13.2 Å². The van der Waals surface area contributed by atoms with Crippen LogP contribution in [0.1, 0.15) is 25.3 Å². The molecule has 0 amide bonds. The average molecular weight is 287 g/mol.